The summed E-state index contributed by atoms with van der Waals surface area (Å²) >= 11 is 0. The van der Waals surface area contributed by atoms with E-state index in [4.69, 9.17) is 0 Å². The van der Waals surface area contributed by atoms with Crippen LogP contribution >= 0.6 is 0 Å². The van der Waals surface area contributed by atoms with Gasteiger partial charge in [-0.1, -0.05) is 42.5 Å². The zero-order valence-electron chi connectivity index (χ0n) is 12.2. The Morgan fingerprint density at radius 1 is 1.00 bits per heavy atom. The predicted octanol–water partition coefficient (Wildman–Crippen LogP) is -0.631. The number of ketones is 1. The fourth-order valence-electron chi connectivity index (χ4n) is 1.65. The standard InChI is InChI=1S/C14H12O4S.Na.H/c1-18-19(16,17)13-9-5-8-12(10-13)14(15)11-6-3-2-4-7-11;;/h2-10H,1H3;;/q;+1;-1. The molecule has 0 aliphatic heterocycles. The van der Waals surface area contributed by atoms with Gasteiger partial charge in [-0.3, -0.25) is 8.98 Å². The van der Waals surface area contributed by atoms with E-state index in [1.54, 1.807) is 30.3 Å². The first-order valence-corrected chi connectivity index (χ1v) is 6.96. The second-order valence-electron chi connectivity index (χ2n) is 3.84. The van der Waals surface area contributed by atoms with Crippen LogP contribution < -0.4 is 29.6 Å². The van der Waals surface area contributed by atoms with Crippen molar-refractivity contribution in [1.82, 2.24) is 0 Å². The maximum atomic E-state index is 12.2. The molecule has 0 aliphatic rings. The van der Waals surface area contributed by atoms with E-state index in [0.717, 1.165) is 7.11 Å². The Hall–Kier alpha value is -0.980. The molecule has 2 aromatic rings. The van der Waals surface area contributed by atoms with Crippen molar-refractivity contribution < 1.29 is 48.4 Å². The van der Waals surface area contributed by atoms with Crippen molar-refractivity contribution in [3.05, 3.63) is 65.7 Å². The molecule has 0 spiro atoms. The molecule has 4 nitrogen and oxygen atoms in total. The van der Waals surface area contributed by atoms with Crippen LogP contribution in [0.3, 0.4) is 0 Å². The van der Waals surface area contributed by atoms with Gasteiger partial charge in [-0.2, -0.15) is 8.42 Å². The molecule has 0 heterocycles. The quantitative estimate of drug-likeness (QED) is 0.428. The smallest absolute Gasteiger partial charge is 1.00 e. The van der Waals surface area contributed by atoms with E-state index in [1.807, 2.05) is 6.07 Å². The monoisotopic (exact) mass is 300 g/mol. The Morgan fingerprint density at radius 2 is 1.60 bits per heavy atom. The molecule has 2 aromatic carbocycles. The van der Waals surface area contributed by atoms with Crippen LogP contribution in [0, 0.1) is 0 Å². The van der Waals surface area contributed by atoms with Gasteiger partial charge in [-0.15, -0.1) is 0 Å². The molecule has 0 radical (unpaired) electrons. The Morgan fingerprint density at radius 3 is 2.20 bits per heavy atom. The summed E-state index contributed by atoms with van der Waals surface area (Å²) in [6, 6.07) is 14.5. The van der Waals surface area contributed by atoms with Gasteiger partial charge in [0.05, 0.1) is 12.0 Å². The molecule has 0 amide bonds. The van der Waals surface area contributed by atoms with E-state index < -0.39 is 10.1 Å². The third-order valence-electron chi connectivity index (χ3n) is 2.64. The third-order valence-corrected chi connectivity index (χ3v) is 3.91. The largest absolute Gasteiger partial charge is 1.00 e. The van der Waals surface area contributed by atoms with Gasteiger partial charge in [0.2, 0.25) is 0 Å². The van der Waals surface area contributed by atoms with E-state index >= 15 is 0 Å². The molecular weight excluding hydrogens is 287 g/mol. The number of hydrogen-bond donors (Lipinski definition) is 0. The number of benzene rings is 2. The average Bonchev–Trinajstić information content (AvgIpc) is 2.47. The van der Waals surface area contributed by atoms with Crippen LogP contribution in [0.4, 0.5) is 0 Å². The molecule has 0 bridgehead atoms. The van der Waals surface area contributed by atoms with Gasteiger partial charge in [0.25, 0.3) is 10.1 Å². The summed E-state index contributed by atoms with van der Waals surface area (Å²) in [4.78, 5) is 12.1. The minimum atomic E-state index is -3.79. The molecule has 0 saturated heterocycles. The second-order valence-corrected chi connectivity index (χ2v) is 5.56. The number of carbonyl (C=O) groups is 1. The molecule has 0 unspecified atom stereocenters. The van der Waals surface area contributed by atoms with Crippen molar-refractivity contribution in [2.45, 2.75) is 4.90 Å². The van der Waals surface area contributed by atoms with Crippen LogP contribution in [0.1, 0.15) is 17.3 Å². The molecule has 0 saturated carbocycles. The van der Waals surface area contributed by atoms with Gasteiger partial charge >= 0.3 is 29.6 Å². The van der Waals surface area contributed by atoms with Crippen molar-refractivity contribution in [2.75, 3.05) is 7.11 Å². The first-order chi connectivity index (χ1) is 9.04. The van der Waals surface area contributed by atoms with E-state index in [-0.39, 0.29) is 41.7 Å². The topological polar surface area (TPSA) is 60.4 Å². The molecule has 0 atom stereocenters. The zero-order valence-corrected chi connectivity index (χ0v) is 14.1. The molecule has 0 fully saturated rings. The van der Waals surface area contributed by atoms with Crippen LogP contribution in [-0.2, 0) is 14.3 Å². The predicted molar refractivity (Wildman–Crippen MR) is 71.6 cm³/mol. The summed E-state index contributed by atoms with van der Waals surface area (Å²) in [5.41, 5.74) is 0.818. The summed E-state index contributed by atoms with van der Waals surface area (Å²) < 4.78 is 27.6. The second kappa shape index (κ2) is 7.15. The zero-order chi connectivity index (χ0) is 13.9. The van der Waals surface area contributed by atoms with Gasteiger partial charge < -0.3 is 1.43 Å². The molecular formula is C14H13NaO4S. The van der Waals surface area contributed by atoms with Crippen LogP contribution in [0.5, 0.6) is 0 Å². The summed E-state index contributed by atoms with van der Waals surface area (Å²) in [7, 11) is -2.70. The van der Waals surface area contributed by atoms with Gasteiger partial charge in [-0.05, 0) is 12.1 Å². The fraction of sp³-hybridized carbons (Fsp3) is 0.0714. The summed E-state index contributed by atoms with van der Waals surface area (Å²) in [6.45, 7) is 0. The van der Waals surface area contributed by atoms with Crippen molar-refractivity contribution in [2.24, 2.45) is 0 Å². The van der Waals surface area contributed by atoms with Gasteiger partial charge in [-0.25, -0.2) is 0 Å². The van der Waals surface area contributed by atoms with Crippen molar-refractivity contribution in [3.63, 3.8) is 0 Å². The van der Waals surface area contributed by atoms with E-state index in [2.05, 4.69) is 4.18 Å². The van der Waals surface area contributed by atoms with Gasteiger partial charge in [0.15, 0.2) is 5.78 Å². The van der Waals surface area contributed by atoms with Gasteiger partial charge in [0, 0.05) is 11.1 Å². The number of carbonyl (C=O) groups excluding carboxylic acids is 1. The molecule has 100 valence electrons. The first kappa shape index (κ1) is 17.1. The Balaban J connectivity index is 0.00000200. The number of rotatable bonds is 4. The number of hydrogen-bond acceptors (Lipinski definition) is 4. The normalized spacial score (nSPS) is 10.7. The van der Waals surface area contributed by atoms with E-state index in [9.17, 15) is 13.2 Å². The summed E-state index contributed by atoms with van der Waals surface area (Å²) in [6.07, 6.45) is 0. The summed E-state index contributed by atoms with van der Waals surface area (Å²) in [5, 5.41) is 0. The maximum absolute atomic E-state index is 12.2. The Bertz CT molecular complexity index is 702. The molecule has 2 rings (SSSR count). The van der Waals surface area contributed by atoms with Crippen LogP contribution in [0.15, 0.2) is 59.5 Å². The average molecular weight is 300 g/mol. The van der Waals surface area contributed by atoms with Crippen molar-refractivity contribution in [3.8, 4) is 0 Å². The van der Waals surface area contributed by atoms with Crippen molar-refractivity contribution >= 4 is 15.9 Å². The summed E-state index contributed by atoms with van der Waals surface area (Å²) in [5.74, 6) is -0.228. The van der Waals surface area contributed by atoms with Crippen molar-refractivity contribution in [1.29, 1.82) is 0 Å². The van der Waals surface area contributed by atoms with E-state index in [0.29, 0.717) is 11.1 Å². The van der Waals surface area contributed by atoms with Crippen LogP contribution in [0.2, 0.25) is 0 Å². The van der Waals surface area contributed by atoms with Gasteiger partial charge in [0.1, 0.15) is 0 Å². The molecule has 0 aromatic heterocycles. The van der Waals surface area contributed by atoms with Crippen LogP contribution in [-0.4, -0.2) is 21.3 Å². The minimum absolute atomic E-state index is 0. The minimum Gasteiger partial charge on any atom is -1.00 e. The Labute approximate surface area is 141 Å². The fourth-order valence-corrected chi connectivity index (χ4v) is 2.35. The Kier molecular flexibility index (Phi) is 6.10. The third kappa shape index (κ3) is 3.77. The molecule has 0 aliphatic carbocycles. The SMILES string of the molecule is COS(=O)(=O)c1cccc(C(=O)c2ccccc2)c1.[H-].[Na+]. The van der Waals surface area contributed by atoms with E-state index in [1.165, 1.54) is 18.2 Å². The molecule has 20 heavy (non-hydrogen) atoms. The maximum Gasteiger partial charge on any atom is 1.00 e. The molecule has 6 heteroatoms. The molecule has 0 N–H and O–H groups in total. The van der Waals surface area contributed by atoms with Crippen LogP contribution in [0.25, 0.3) is 0 Å². The first-order valence-electron chi connectivity index (χ1n) is 5.55.